The van der Waals surface area contributed by atoms with Gasteiger partial charge in [0.05, 0.1) is 0 Å². The number of nitrogens with one attached hydrogen (secondary N) is 1. The van der Waals surface area contributed by atoms with Crippen LogP contribution in [-0.4, -0.2) is 29.7 Å². The second kappa shape index (κ2) is 6.52. The minimum absolute atomic E-state index is 0.00505. The molecule has 1 aliphatic rings. The van der Waals surface area contributed by atoms with E-state index in [1.54, 1.807) is 16.8 Å². The number of hydrogen-bond acceptors (Lipinski definition) is 3. The van der Waals surface area contributed by atoms with Crippen molar-refractivity contribution in [3.63, 3.8) is 0 Å². The molecule has 1 amide bonds. The number of amides is 1. The molecular formula is C14H20N2O3. The lowest BCUT2D eigenvalue weighted by Crippen LogP contribution is -2.35. The Labute approximate surface area is 112 Å². The van der Waals surface area contributed by atoms with Crippen LogP contribution in [0.5, 0.6) is 0 Å². The van der Waals surface area contributed by atoms with Crippen molar-refractivity contribution in [3.8, 4) is 0 Å². The normalized spacial score (nSPS) is 18.5. The second-order valence-corrected chi connectivity index (χ2v) is 4.88. The molecule has 0 aliphatic carbocycles. The highest BCUT2D eigenvalue weighted by Gasteiger charge is 2.22. The lowest BCUT2D eigenvalue weighted by Gasteiger charge is -2.10. The van der Waals surface area contributed by atoms with Crippen molar-refractivity contribution in [2.24, 2.45) is 0 Å². The van der Waals surface area contributed by atoms with E-state index in [4.69, 9.17) is 4.74 Å². The fourth-order valence-electron chi connectivity index (χ4n) is 2.15. The van der Waals surface area contributed by atoms with Crippen molar-refractivity contribution in [3.05, 3.63) is 34.2 Å². The molecule has 5 heteroatoms. The van der Waals surface area contributed by atoms with Gasteiger partial charge in [0.25, 0.3) is 5.56 Å². The van der Waals surface area contributed by atoms with Gasteiger partial charge in [-0.25, -0.2) is 0 Å². The van der Waals surface area contributed by atoms with E-state index in [9.17, 15) is 9.59 Å². The fourth-order valence-corrected chi connectivity index (χ4v) is 2.15. The maximum atomic E-state index is 11.7. The quantitative estimate of drug-likeness (QED) is 0.802. The summed E-state index contributed by atoms with van der Waals surface area (Å²) in [6.45, 7) is 3.76. The van der Waals surface area contributed by atoms with Crippen LogP contribution in [0.1, 0.15) is 24.8 Å². The Kier molecular flexibility index (Phi) is 4.74. The zero-order valence-corrected chi connectivity index (χ0v) is 11.2. The van der Waals surface area contributed by atoms with Crippen LogP contribution in [0.15, 0.2) is 23.1 Å². The smallest absolute Gasteiger partial charge is 0.250 e. The topological polar surface area (TPSA) is 60.3 Å². The average molecular weight is 264 g/mol. The van der Waals surface area contributed by atoms with E-state index in [-0.39, 0.29) is 17.6 Å². The molecule has 1 fully saturated rings. The summed E-state index contributed by atoms with van der Waals surface area (Å²) in [6, 6.07) is 3.53. The van der Waals surface area contributed by atoms with Crippen LogP contribution in [0.3, 0.4) is 0 Å². The molecule has 1 aliphatic heterocycles. The van der Waals surface area contributed by atoms with E-state index in [0.717, 1.165) is 24.8 Å². The van der Waals surface area contributed by atoms with Crippen LogP contribution >= 0.6 is 0 Å². The van der Waals surface area contributed by atoms with E-state index >= 15 is 0 Å². The van der Waals surface area contributed by atoms with E-state index in [2.05, 4.69) is 5.32 Å². The maximum absolute atomic E-state index is 11.7. The van der Waals surface area contributed by atoms with Gasteiger partial charge in [0.1, 0.15) is 6.10 Å². The first-order chi connectivity index (χ1) is 9.16. The van der Waals surface area contributed by atoms with Crippen LogP contribution in [0.4, 0.5) is 0 Å². The second-order valence-electron chi connectivity index (χ2n) is 4.88. The molecule has 2 heterocycles. The van der Waals surface area contributed by atoms with Gasteiger partial charge in [-0.05, 0) is 37.8 Å². The Morgan fingerprint density at radius 3 is 3.11 bits per heavy atom. The Morgan fingerprint density at radius 2 is 2.42 bits per heavy atom. The number of pyridine rings is 1. The molecule has 1 aromatic heterocycles. The average Bonchev–Trinajstić information content (AvgIpc) is 2.90. The fraction of sp³-hybridized carbons (Fsp3) is 0.571. The summed E-state index contributed by atoms with van der Waals surface area (Å²) >= 11 is 0. The molecule has 0 bridgehead atoms. The monoisotopic (exact) mass is 264 g/mol. The summed E-state index contributed by atoms with van der Waals surface area (Å²) < 4.78 is 6.95. The van der Waals surface area contributed by atoms with E-state index in [1.807, 2.05) is 13.0 Å². The molecule has 0 aromatic carbocycles. The molecular weight excluding hydrogens is 244 g/mol. The molecule has 19 heavy (non-hydrogen) atoms. The highest BCUT2D eigenvalue weighted by atomic mass is 16.5. The Morgan fingerprint density at radius 1 is 1.58 bits per heavy atom. The highest BCUT2D eigenvalue weighted by Crippen LogP contribution is 2.11. The molecule has 1 saturated heterocycles. The number of ether oxygens (including phenoxy) is 1. The van der Waals surface area contributed by atoms with Gasteiger partial charge in [-0.15, -0.1) is 0 Å². The molecule has 2 rings (SSSR count). The molecule has 1 unspecified atom stereocenters. The van der Waals surface area contributed by atoms with Crippen LogP contribution in [-0.2, 0) is 16.1 Å². The van der Waals surface area contributed by atoms with E-state index in [0.29, 0.717) is 19.7 Å². The summed E-state index contributed by atoms with van der Waals surface area (Å²) in [5.74, 6) is -0.0336. The minimum Gasteiger partial charge on any atom is -0.368 e. The van der Waals surface area contributed by atoms with Crippen LogP contribution in [0, 0.1) is 6.92 Å². The van der Waals surface area contributed by atoms with E-state index in [1.165, 1.54) is 0 Å². The zero-order valence-electron chi connectivity index (χ0n) is 11.2. The zero-order chi connectivity index (χ0) is 13.7. The number of carbonyl (C=O) groups is 1. The molecule has 0 saturated carbocycles. The maximum Gasteiger partial charge on any atom is 0.250 e. The summed E-state index contributed by atoms with van der Waals surface area (Å²) in [4.78, 5) is 23.3. The number of nitrogens with zero attached hydrogens (tertiary/aromatic N) is 1. The SMILES string of the molecule is Cc1ccn(CCCNC(=O)C2CCCO2)c(=O)c1. The predicted octanol–water partition coefficient (Wildman–Crippen LogP) is 0.842. The van der Waals surface area contributed by atoms with Crippen molar-refractivity contribution < 1.29 is 9.53 Å². The first-order valence-electron chi connectivity index (χ1n) is 6.73. The number of aryl methyl sites for hydroxylation is 2. The molecule has 0 radical (unpaired) electrons. The number of carbonyl (C=O) groups excluding carboxylic acids is 1. The third-order valence-corrected chi connectivity index (χ3v) is 3.25. The van der Waals surface area contributed by atoms with Gasteiger partial charge < -0.3 is 14.6 Å². The van der Waals surface area contributed by atoms with Crippen molar-refractivity contribution in [2.75, 3.05) is 13.2 Å². The first-order valence-corrected chi connectivity index (χ1v) is 6.73. The third-order valence-electron chi connectivity index (χ3n) is 3.25. The predicted molar refractivity (Wildman–Crippen MR) is 72.0 cm³/mol. The molecule has 1 N–H and O–H groups in total. The highest BCUT2D eigenvalue weighted by molar-refractivity contribution is 5.80. The van der Waals surface area contributed by atoms with E-state index < -0.39 is 0 Å². The van der Waals surface area contributed by atoms with Crippen molar-refractivity contribution >= 4 is 5.91 Å². The largest absolute Gasteiger partial charge is 0.368 e. The number of aromatic nitrogens is 1. The summed E-state index contributed by atoms with van der Waals surface area (Å²) in [7, 11) is 0. The Balaban J connectivity index is 1.71. The van der Waals surface area contributed by atoms with Gasteiger partial charge in [-0.3, -0.25) is 9.59 Å². The van der Waals surface area contributed by atoms with Gasteiger partial charge in [0, 0.05) is 32.0 Å². The lowest BCUT2D eigenvalue weighted by molar-refractivity contribution is -0.130. The summed E-state index contributed by atoms with van der Waals surface area (Å²) in [5.41, 5.74) is 0.971. The Bertz CT molecular complexity index is 490. The number of rotatable bonds is 5. The van der Waals surface area contributed by atoms with Gasteiger partial charge in [-0.1, -0.05) is 0 Å². The molecule has 0 spiro atoms. The molecule has 1 atom stereocenters. The number of hydrogen-bond donors (Lipinski definition) is 1. The van der Waals surface area contributed by atoms with Crippen LogP contribution < -0.4 is 10.9 Å². The lowest BCUT2D eigenvalue weighted by atomic mass is 10.2. The molecule has 5 nitrogen and oxygen atoms in total. The molecule has 104 valence electrons. The van der Waals surface area contributed by atoms with Crippen LogP contribution in [0.25, 0.3) is 0 Å². The van der Waals surface area contributed by atoms with Gasteiger partial charge >= 0.3 is 0 Å². The molecule has 1 aromatic rings. The minimum atomic E-state index is -0.276. The third kappa shape index (κ3) is 3.92. The Hall–Kier alpha value is -1.62. The van der Waals surface area contributed by atoms with Crippen LogP contribution in [0.2, 0.25) is 0 Å². The standard InChI is InChI=1S/C14H20N2O3/c1-11-5-8-16(13(17)10-11)7-3-6-15-14(18)12-4-2-9-19-12/h5,8,10,12H,2-4,6-7,9H2,1H3,(H,15,18). The van der Waals surface area contributed by atoms with Gasteiger partial charge in [0.15, 0.2) is 0 Å². The van der Waals surface area contributed by atoms with Gasteiger partial charge in [0.2, 0.25) is 5.91 Å². The summed E-state index contributed by atoms with van der Waals surface area (Å²) in [5, 5.41) is 2.85. The van der Waals surface area contributed by atoms with Crippen molar-refractivity contribution in [1.29, 1.82) is 0 Å². The van der Waals surface area contributed by atoms with Gasteiger partial charge in [-0.2, -0.15) is 0 Å². The van der Waals surface area contributed by atoms with Crippen molar-refractivity contribution in [2.45, 2.75) is 38.8 Å². The first kappa shape index (κ1) is 13.8. The van der Waals surface area contributed by atoms with Crippen molar-refractivity contribution in [1.82, 2.24) is 9.88 Å². The summed E-state index contributed by atoms with van der Waals surface area (Å²) in [6.07, 6.45) is 4.02.